The molecule has 2 unspecified atom stereocenters. The highest BCUT2D eigenvalue weighted by atomic mass is 16.5. The monoisotopic (exact) mass is 240 g/mol. The molecule has 0 aliphatic rings. The van der Waals surface area contributed by atoms with E-state index in [1.54, 1.807) is 0 Å². The molecule has 0 N–H and O–H groups in total. The van der Waals surface area contributed by atoms with Crippen LogP contribution in [0, 0.1) is 0 Å². The molecule has 0 radical (unpaired) electrons. The Morgan fingerprint density at radius 3 is 1.65 bits per heavy atom. The molecule has 0 bridgehead atoms. The second kappa shape index (κ2) is 8.56. The van der Waals surface area contributed by atoms with Gasteiger partial charge in [0.15, 0.2) is 0 Å². The number of carbonyl (C=O) groups is 2. The van der Waals surface area contributed by atoms with E-state index in [0.29, 0.717) is 0 Å². The third-order valence-electron chi connectivity index (χ3n) is 2.19. The second-order valence-electron chi connectivity index (χ2n) is 3.83. The van der Waals surface area contributed by atoms with Crippen LogP contribution in [0.1, 0.15) is 33.1 Å². The fraction of sp³-hybridized carbons (Fsp3) is 0.538. The SMILES string of the molecule is C=CC(=O)OC(C)CCCC(C)OC(=O)C=C. The Labute approximate surface area is 102 Å². The van der Waals surface area contributed by atoms with Crippen LogP contribution < -0.4 is 0 Å². The molecule has 2 atom stereocenters. The van der Waals surface area contributed by atoms with Crippen LogP contribution in [0.25, 0.3) is 0 Å². The first kappa shape index (κ1) is 15.4. The van der Waals surface area contributed by atoms with Crippen LogP contribution in [0.4, 0.5) is 0 Å². The maximum Gasteiger partial charge on any atom is 0.330 e. The van der Waals surface area contributed by atoms with Gasteiger partial charge >= 0.3 is 11.9 Å². The molecule has 0 saturated carbocycles. The zero-order valence-corrected chi connectivity index (χ0v) is 10.5. The van der Waals surface area contributed by atoms with E-state index in [0.717, 1.165) is 31.4 Å². The number of hydrogen-bond donors (Lipinski definition) is 0. The summed E-state index contributed by atoms with van der Waals surface area (Å²) in [7, 11) is 0. The molecule has 4 nitrogen and oxygen atoms in total. The topological polar surface area (TPSA) is 52.6 Å². The Morgan fingerprint density at radius 2 is 1.35 bits per heavy atom. The number of rotatable bonds is 8. The first-order valence-corrected chi connectivity index (χ1v) is 5.65. The summed E-state index contributed by atoms with van der Waals surface area (Å²) in [6.45, 7) is 10.3. The summed E-state index contributed by atoms with van der Waals surface area (Å²) in [6, 6.07) is 0. The van der Waals surface area contributed by atoms with Gasteiger partial charge in [0.05, 0.1) is 12.2 Å². The Balaban J connectivity index is 3.68. The average molecular weight is 240 g/mol. The van der Waals surface area contributed by atoms with Gasteiger partial charge in [-0.2, -0.15) is 0 Å². The number of carbonyl (C=O) groups excluding carboxylic acids is 2. The van der Waals surface area contributed by atoms with Gasteiger partial charge in [0.2, 0.25) is 0 Å². The molecule has 0 heterocycles. The van der Waals surface area contributed by atoms with Crippen molar-refractivity contribution in [1.82, 2.24) is 0 Å². The van der Waals surface area contributed by atoms with E-state index in [9.17, 15) is 9.59 Å². The standard InChI is InChI=1S/C13H20O4/c1-5-12(14)16-10(3)8-7-9-11(4)17-13(15)6-2/h5-6,10-11H,1-2,7-9H2,3-4H3. The normalized spacial score (nSPS) is 13.3. The average Bonchev–Trinajstić information content (AvgIpc) is 2.28. The Hall–Kier alpha value is -1.58. The lowest BCUT2D eigenvalue weighted by Crippen LogP contribution is -2.16. The maximum absolute atomic E-state index is 10.9. The summed E-state index contributed by atoms with van der Waals surface area (Å²) in [5.74, 6) is -0.827. The minimum Gasteiger partial charge on any atom is -0.460 e. The van der Waals surface area contributed by atoms with Gasteiger partial charge in [-0.05, 0) is 33.1 Å². The van der Waals surface area contributed by atoms with Crippen molar-refractivity contribution >= 4 is 11.9 Å². The molecular formula is C13H20O4. The van der Waals surface area contributed by atoms with Gasteiger partial charge in [-0.15, -0.1) is 0 Å². The molecule has 0 rings (SSSR count). The predicted molar refractivity (Wildman–Crippen MR) is 65.4 cm³/mol. The van der Waals surface area contributed by atoms with Crippen LogP contribution in [0.2, 0.25) is 0 Å². The molecule has 17 heavy (non-hydrogen) atoms. The van der Waals surface area contributed by atoms with Gasteiger partial charge < -0.3 is 9.47 Å². The zero-order chi connectivity index (χ0) is 13.3. The molecule has 0 fully saturated rings. The first-order valence-electron chi connectivity index (χ1n) is 5.65. The van der Waals surface area contributed by atoms with E-state index >= 15 is 0 Å². The van der Waals surface area contributed by atoms with Gasteiger partial charge in [0, 0.05) is 12.2 Å². The summed E-state index contributed by atoms with van der Waals surface area (Å²) in [5, 5.41) is 0. The van der Waals surface area contributed by atoms with Gasteiger partial charge in [0.1, 0.15) is 0 Å². The minimum absolute atomic E-state index is 0.150. The summed E-state index contributed by atoms with van der Waals surface area (Å²) >= 11 is 0. The van der Waals surface area contributed by atoms with Crippen LogP contribution in [-0.4, -0.2) is 24.1 Å². The highest BCUT2D eigenvalue weighted by Gasteiger charge is 2.09. The van der Waals surface area contributed by atoms with Crippen LogP contribution >= 0.6 is 0 Å². The second-order valence-corrected chi connectivity index (χ2v) is 3.83. The van der Waals surface area contributed by atoms with Gasteiger partial charge in [-0.1, -0.05) is 13.2 Å². The lowest BCUT2D eigenvalue weighted by molar-refractivity contribution is -0.142. The number of ether oxygens (including phenoxy) is 2. The van der Waals surface area contributed by atoms with E-state index in [-0.39, 0.29) is 12.2 Å². The van der Waals surface area contributed by atoms with E-state index in [2.05, 4.69) is 13.2 Å². The highest BCUT2D eigenvalue weighted by molar-refractivity contribution is 5.81. The van der Waals surface area contributed by atoms with E-state index in [4.69, 9.17) is 9.47 Å². The molecule has 0 spiro atoms. The fourth-order valence-corrected chi connectivity index (χ4v) is 1.30. The molecule has 0 aliphatic carbocycles. The van der Waals surface area contributed by atoms with Crippen molar-refractivity contribution in [2.45, 2.75) is 45.3 Å². The summed E-state index contributed by atoms with van der Waals surface area (Å²) in [6.07, 6.45) is 4.27. The van der Waals surface area contributed by atoms with E-state index in [1.165, 1.54) is 0 Å². The molecule has 0 aromatic carbocycles. The summed E-state index contributed by atoms with van der Waals surface area (Å²) < 4.78 is 10.0. The quantitative estimate of drug-likeness (QED) is 0.483. The molecule has 96 valence electrons. The minimum atomic E-state index is -0.413. The smallest absolute Gasteiger partial charge is 0.330 e. The summed E-state index contributed by atoms with van der Waals surface area (Å²) in [4.78, 5) is 21.8. The van der Waals surface area contributed by atoms with Gasteiger partial charge in [-0.25, -0.2) is 9.59 Å². The van der Waals surface area contributed by atoms with Crippen molar-refractivity contribution in [2.75, 3.05) is 0 Å². The predicted octanol–water partition coefficient (Wildman–Crippen LogP) is 2.39. The molecule has 0 aliphatic heterocycles. The third kappa shape index (κ3) is 8.25. The molecular weight excluding hydrogens is 220 g/mol. The molecule has 0 saturated heterocycles. The van der Waals surface area contributed by atoms with Gasteiger partial charge in [-0.3, -0.25) is 0 Å². The Bertz CT molecular complexity index is 255. The highest BCUT2D eigenvalue weighted by Crippen LogP contribution is 2.09. The molecule has 0 aromatic heterocycles. The molecule has 0 aromatic rings. The van der Waals surface area contributed by atoms with Crippen molar-refractivity contribution in [3.05, 3.63) is 25.3 Å². The molecule has 0 amide bonds. The van der Waals surface area contributed by atoms with Crippen molar-refractivity contribution in [2.24, 2.45) is 0 Å². The third-order valence-corrected chi connectivity index (χ3v) is 2.19. The Kier molecular flexibility index (Phi) is 7.76. The van der Waals surface area contributed by atoms with E-state index < -0.39 is 11.9 Å². The molecule has 4 heteroatoms. The lowest BCUT2D eigenvalue weighted by Gasteiger charge is -2.14. The van der Waals surface area contributed by atoms with E-state index in [1.807, 2.05) is 13.8 Å². The zero-order valence-electron chi connectivity index (χ0n) is 10.5. The van der Waals surface area contributed by atoms with Crippen LogP contribution in [0.3, 0.4) is 0 Å². The number of esters is 2. The lowest BCUT2D eigenvalue weighted by atomic mass is 10.1. The fourth-order valence-electron chi connectivity index (χ4n) is 1.30. The largest absolute Gasteiger partial charge is 0.460 e. The van der Waals surface area contributed by atoms with Crippen molar-refractivity contribution in [1.29, 1.82) is 0 Å². The van der Waals surface area contributed by atoms with Crippen molar-refractivity contribution < 1.29 is 19.1 Å². The van der Waals surface area contributed by atoms with Crippen LogP contribution in [-0.2, 0) is 19.1 Å². The Morgan fingerprint density at radius 1 is 1.00 bits per heavy atom. The summed E-state index contributed by atoms with van der Waals surface area (Å²) in [5.41, 5.74) is 0. The van der Waals surface area contributed by atoms with Crippen LogP contribution in [0.15, 0.2) is 25.3 Å². The van der Waals surface area contributed by atoms with Crippen molar-refractivity contribution in [3.8, 4) is 0 Å². The number of hydrogen-bond acceptors (Lipinski definition) is 4. The first-order chi connectivity index (χ1) is 7.99. The van der Waals surface area contributed by atoms with Gasteiger partial charge in [0.25, 0.3) is 0 Å². The van der Waals surface area contributed by atoms with Crippen molar-refractivity contribution in [3.63, 3.8) is 0 Å². The van der Waals surface area contributed by atoms with Crippen LogP contribution in [0.5, 0.6) is 0 Å². The maximum atomic E-state index is 10.9.